The number of rotatable bonds is 4. The summed E-state index contributed by atoms with van der Waals surface area (Å²) in [6.07, 6.45) is 0. The highest BCUT2D eigenvalue weighted by Gasteiger charge is 2.17. The van der Waals surface area contributed by atoms with Crippen LogP contribution in [-0.4, -0.2) is 42.3 Å². The Balaban J connectivity index is 2.14. The van der Waals surface area contributed by atoms with E-state index in [1.165, 1.54) is 16.2 Å². The van der Waals surface area contributed by atoms with Gasteiger partial charge in [-0.2, -0.15) is 0 Å². The number of aromatic nitrogens is 1. The Bertz CT molecular complexity index is 695. The molecule has 0 aliphatic heterocycles. The molecule has 1 heterocycles. The number of amides is 2. The van der Waals surface area contributed by atoms with Crippen molar-refractivity contribution in [2.45, 2.75) is 6.92 Å². The first-order valence-corrected chi connectivity index (χ1v) is 7.79. The summed E-state index contributed by atoms with van der Waals surface area (Å²) >= 11 is 7.16. The summed E-state index contributed by atoms with van der Waals surface area (Å²) in [5, 5.41) is 4.01. The van der Waals surface area contributed by atoms with E-state index in [0.29, 0.717) is 15.6 Å². The minimum Gasteiger partial charge on any atom is -0.347 e. The van der Waals surface area contributed by atoms with E-state index in [1.807, 2.05) is 12.1 Å². The van der Waals surface area contributed by atoms with Crippen LogP contribution in [0.1, 0.15) is 15.4 Å². The summed E-state index contributed by atoms with van der Waals surface area (Å²) in [6.45, 7) is 1.75. The average Bonchev–Trinajstić information content (AvgIpc) is 2.87. The highest BCUT2D eigenvalue weighted by atomic mass is 35.5. The number of likely N-dealkylation sites (N-methyl/N-ethyl adjacent to an activating group) is 1. The lowest BCUT2D eigenvalue weighted by Gasteiger charge is -2.10. The Hall–Kier alpha value is -1.92. The van der Waals surface area contributed by atoms with Crippen molar-refractivity contribution < 1.29 is 9.59 Å². The van der Waals surface area contributed by atoms with Crippen molar-refractivity contribution in [3.8, 4) is 10.6 Å². The highest BCUT2D eigenvalue weighted by Crippen LogP contribution is 2.28. The summed E-state index contributed by atoms with van der Waals surface area (Å²) in [7, 11) is 3.29. The van der Waals surface area contributed by atoms with Gasteiger partial charge in [-0.1, -0.05) is 23.7 Å². The third-order valence-electron chi connectivity index (χ3n) is 2.99. The molecule has 1 aromatic carbocycles. The van der Waals surface area contributed by atoms with Gasteiger partial charge in [-0.25, -0.2) is 4.98 Å². The first kappa shape index (κ1) is 16.5. The minimum absolute atomic E-state index is 0.0283. The number of nitrogens with zero attached hydrogens (tertiary/aromatic N) is 2. The van der Waals surface area contributed by atoms with Crippen LogP contribution in [0.5, 0.6) is 0 Å². The standard InChI is InChI=1S/C15H16ClN3O2S/c1-9-13(14(21)17-8-12(20)19(2)3)22-15(18-9)10-4-6-11(16)7-5-10/h4-7H,8H2,1-3H3,(H,17,21). The second-order valence-electron chi connectivity index (χ2n) is 4.91. The Morgan fingerprint density at radius 2 is 1.91 bits per heavy atom. The van der Waals surface area contributed by atoms with E-state index in [1.54, 1.807) is 33.2 Å². The van der Waals surface area contributed by atoms with Gasteiger partial charge in [-0.05, 0) is 19.1 Å². The molecular formula is C15H16ClN3O2S. The fourth-order valence-corrected chi connectivity index (χ4v) is 2.83. The summed E-state index contributed by atoms with van der Waals surface area (Å²) in [6, 6.07) is 7.28. The zero-order valence-corrected chi connectivity index (χ0v) is 14.1. The minimum atomic E-state index is -0.287. The van der Waals surface area contributed by atoms with Gasteiger partial charge in [0.25, 0.3) is 5.91 Å². The monoisotopic (exact) mass is 337 g/mol. The van der Waals surface area contributed by atoms with E-state index in [-0.39, 0.29) is 18.4 Å². The van der Waals surface area contributed by atoms with E-state index in [9.17, 15) is 9.59 Å². The normalized spacial score (nSPS) is 10.4. The summed E-state index contributed by atoms with van der Waals surface area (Å²) in [5.41, 5.74) is 1.55. The van der Waals surface area contributed by atoms with Gasteiger partial charge >= 0.3 is 0 Å². The SMILES string of the molecule is Cc1nc(-c2ccc(Cl)cc2)sc1C(=O)NCC(=O)N(C)C. The smallest absolute Gasteiger partial charge is 0.263 e. The number of nitrogens with one attached hydrogen (secondary N) is 1. The molecule has 0 fully saturated rings. The number of carbonyl (C=O) groups is 2. The number of benzene rings is 1. The Labute approximate surface area is 137 Å². The molecule has 0 spiro atoms. The van der Waals surface area contributed by atoms with Crippen LogP contribution in [0, 0.1) is 6.92 Å². The Kier molecular flexibility index (Phi) is 5.15. The summed E-state index contributed by atoms with van der Waals surface area (Å²) in [4.78, 5) is 30.0. The Morgan fingerprint density at radius 1 is 1.27 bits per heavy atom. The maximum Gasteiger partial charge on any atom is 0.263 e. The Morgan fingerprint density at radius 3 is 2.50 bits per heavy atom. The van der Waals surface area contributed by atoms with Crippen LogP contribution < -0.4 is 5.32 Å². The molecule has 0 unspecified atom stereocenters. The molecule has 0 saturated carbocycles. The molecule has 116 valence electrons. The molecule has 0 aliphatic carbocycles. The van der Waals surface area contributed by atoms with Gasteiger partial charge in [0.15, 0.2) is 0 Å². The fraction of sp³-hybridized carbons (Fsp3) is 0.267. The van der Waals surface area contributed by atoms with Crippen LogP contribution in [-0.2, 0) is 4.79 Å². The van der Waals surface area contributed by atoms with E-state index < -0.39 is 0 Å². The molecule has 5 nitrogen and oxygen atoms in total. The molecular weight excluding hydrogens is 322 g/mol. The van der Waals surface area contributed by atoms with E-state index in [4.69, 9.17) is 11.6 Å². The van der Waals surface area contributed by atoms with Gasteiger partial charge in [-0.3, -0.25) is 9.59 Å². The van der Waals surface area contributed by atoms with Gasteiger partial charge in [-0.15, -0.1) is 11.3 Å². The first-order valence-electron chi connectivity index (χ1n) is 6.60. The second-order valence-corrected chi connectivity index (χ2v) is 6.35. The van der Waals surface area contributed by atoms with Crippen LogP contribution in [0.2, 0.25) is 5.02 Å². The topological polar surface area (TPSA) is 62.3 Å². The van der Waals surface area contributed by atoms with Gasteiger partial charge in [0.05, 0.1) is 12.2 Å². The van der Waals surface area contributed by atoms with Gasteiger partial charge in [0.1, 0.15) is 9.88 Å². The van der Waals surface area contributed by atoms with Crippen LogP contribution in [0.4, 0.5) is 0 Å². The van der Waals surface area contributed by atoms with Gasteiger partial charge in [0.2, 0.25) is 5.91 Å². The third-order valence-corrected chi connectivity index (χ3v) is 4.45. The number of hydrogen-bond donors (Lipinski definition) is 1. The lowest BCUT2D eigenvalue weighted by molar-refractivity contribution is -0.127. The predicted molar refractivity (Wildman–Crippen MR) is 88.3 cm³/mol. The molecule has 7 heteroatoms. The van der Waals surface area contributed by atoms with Crippen LogP contribution >= 0.6 is 22.9 Å². The molecule has 2 amide bonds. The molecule has 0 saturated heterocycles. The number of aryl methyl sites for hydroxylation is 1. The summed E-state index contributed by atoms with van der Waals surface area (Å²) < 4.78 is 0. The van der Waals surface area contributed by atoms with Crippen LogP contribution in [0.15, 0.2) is 24.3 Å². The lowest BCUT2D eigenvalue weighted by atomic mass is 10.2. The van der Waals surface area contributed by atoms with Crippen LogP contribution in [0.25, 0.3) is 10.6 Å². The van der Waals surface area contributed by atoms with Crippen molar-refractivity contribution in [3.63, 3.8) is 0 Å². The van der Waals surface area contributed by atoms with E-state index in [0.717, 1.165) is 10.6 Å². The molecule has 0 atom stereocenters. The maximum absolute atomic E-state index is 12.2. The van der Waals surface area contributed by atoms with Crippen molar-refractivity contribution in [1.29, 1.82) is 0 Å². The van der Waals surface area contributed by atoms with Crippen molar-refractivity contribution >= 4 is 34.8 Å². The molecule has 0 bridgehead atoms. The number of halogens is 1. The maximum atomic E-state index is 12.2. The van der Waals surface area contributed by atoms with Crippen molar-refractivity contribution in [2.24, 2.45) is 0 Å². The molecule has 1 N–H and O–H groups in total. The van der Waals surface area contributed by atoms with Crippen molar-refractivity contribution in [1.82, 2.24) is 15.2 Å². The molecule has 22 heavy (non-hydrogen) atoms. The van der Waals surface area contributed by atoms with E-state index >= 15 is 0 Å². The largest absolute Gasteiger partial charge is 0.347 e. The zero-order valence-electron chi connectivity index (χ0n) is 12.5. The molecule has 1 aromatic heterocycles. The fourth-order valence-electron chi connectivity index (χ4n) is 1.72. The van der Waals surface area contributed by atoms with Crippen molar-refractivity contribution in [2.75, 3.05) is 20.6 Å². The first-order chi connectivity index (χ1) is 10.4. The average molecular weight is 338 g/mol. The van der Waals surface area contributed by atoms with E-state index in [2.05, 4.69) is 10.3 Å². The van der Waals surface area contributed by atoms with Crippen LogP contribution in [0.3, 0.4) is 0 Å². The number of hydrogen-bond acceptors (Lipinski definition) is 4. The highest BCUT2D eigenvalue weighted by molar-refractivity contribution is 7.17. The zero-order chi connectivity index (χ0) is 16.3. The molecule has 0 radical (unpaired) electrons. The molecule has 0 aliphatic rings. The molecule has 2 aromatic rings. The number of thiazole rings is 1. The van der Waals surface area contributed by atoms with Crippen molar-refractivity contribution in [3.05, 3.63) is 39.9 Å². The second kappa shape index (κ2) is 6.89. The van der Waals surface area contributed by atoms with Gasteiger partial charge in [0, 0.05) is 24.7 Å². The lowest BCUT2D eigenvalue weighted by Crippen LogP contribution is -2.36. The third kappa shape index (κ3) is 3.84. The summed E-state index contributed by atoms with van der Waals surface area (Å²) in [5.74, 6) is -0.446. The molecule has 2 rings (SSSR count). The number of carbonyl (C=O) groups excluding carboxylic acids is 2. The quantitative estimate of drug-likeness (QED) is 0.932. The predicted octanol–water partition coefficient (Wildman–Crippen LogP) is 2.59. The van der Waals surface area contributed by atoms with Gasteiger partial charge < -0.3 is 10.2 Å².